The molecule has 2 N–H and O–H groups in total. The number of ether oxygens (including phenoxy) is 1. The number of hydrogen-bond acceptors (Lipinski definition) is 3. The molecule has 1 aromatic carbocycles. The molecule has 4 nitrogen and oxygen atoms in total. The Morgan fingerprint density at radius 2 is 2.06 bits per heavy atom. The van der Waals surface area contributed by atoms with Gasteiger partial charge in [-0.15, -0.1) is 0 Å². The lowest BCUT2D eigenvalue weighted by atomic mass is 10.3. The Morgan fingerprint density at radius 3 is 2.56 bits per heavy atom. The summed E-state index contributed by atoms with van der Waals surface area (Å²) in [6.07, 6.45) is 0.149. The van der Waals surface area contributed by atoms with E-state index in [1.54, 1.807) is 0 Å². The molecule has 0 aliphatic carbocycles. The maximum atomic E-state index is 13.3. The van der Waals surface area contributed by atoms with Crippen LogP contribution < -0.4 is 9.88 Å². The number of benzene rings is 1. The third-order valence-electron chi connectivity index (χ3n) is 1.77. The van der Waals surface area contributed by atoms with Crippen LogP contribution in [0.25, 0.3) is 0 Å². The molecule has 7 heteroatoms. The van der Waals surface area contributed by atoms with E-state index in [0.29, 0.717) is 0 Å². The van der Waals surface area contributed by atoms with Crippen molar-refractivity contribution < 1.29 is 21.9 Å². The van der Waals surface area contributed by atoms with Crippen molar-refractivity contribution in [3.05, 3.63) is 24.0 Å². The third-order valence-corrected chi connectivity index (χ3v) is 2.68. The number of rotatable bonds is 5. The molecule has 0 aromatic heterocycles. The predicted octanol–water partition coefficient (Wildman–Crippen LogP) is 1.21. The lowest BCUT2D eigenvalue weighted by molar-refractivity contribution is 0.277. The first kappa shape index (κ1) is 12.9. The summed E-state index contributed by atoms with van der Waals surface area (Å²) in [7, 11) is -3.92. The summed E-state index contributed by atoms with van der Waals surface area (Å²) < 4.78 is 51.7. The van der Waals surface area contributed by atoms with E-state index in [-0.39, 0.29) is 23.7 Å². The Morgan fingerprint density at radius 1 is 1.38 bits per heavy atom. The van der Waals surface area contributed by atoms with Gasteiger partial charge in [-0.1, -0.05) is 0 Å². The molecule has 0 fully saturated rings. The minimum atomic E-state index is -3.92. The molecule has 1 aromatic rings. The summed E-state index contributed by atoms with van der Waals surface area (Å²) in [6.45, 7) is -0.529. The standard InChI is InChI=1S/C9H11F2NO3S/c10-4-1-5-15-9-3-2-7(6-8(9)11)16(12,13)14/h2-3,6H,1,4-5H2,(H2,12,13,14). The molecule has 0 saturated heterocycles. The Balaban J connectivity index is 2.84. The van der Waals surface area contributed by atoms with Gasteiger partial charge in [0.2, 0.25) is 10.0 Å². The minimum absolute atomic E-state index is 0.0299. The summed E-state index contributed by atoms with van der Waals surface area (Å²) in [5.41, 5.74) is 0. The SMILES string of the molecule is NS(=O)(=O)c1ccc(OCCCF)c(F)c1. The number of hydrogen-bond donors (Lipinski definition) is 1. The average Bonchev–Trinajstić information content (AvgIpc) is 2.19. The van der Waals surface area contributed by atoms with Crippen LogP contribution in [0, 0.1) is 5.82 Å². The molecular formula is C9H11F2NO3S. The van der Waals surface area contributed by atoms with E-state index < -0.39 is 22.5 Å². The first-order valence-electron chi connectivity index (χ1n) is 4.46. The second-order valence-electron chi connectivity index (χ2n) is 3.03. The van der Waals surface area contributed by atoms with Crippen molar-refractivity contribution in [1.29, 1.82) is 0 Å². The molecule has 0 radical (unpaired) electrons. The van der Waals surface area contributed by atoms with Gasteiger partial charge in [0.25, 0.3) is 0 Å². The topological polar surface area (TPSA) is 69.4 Å². The molecule has 0 heterocycles. The molecule has 0 unspecified atom stereocenters. The van der Waals surface area contributed by atoms with Crippen LogP contribution in [0.2, 0.25) is 0 Å². The lowest BCUT2D eigenvalue weighted by Gasteiger charge is -2.06. The molecular weight excluding hydrogens is 240 g/mol. The summed E-state index contributed by atoms with van der Waals surface area (Å²) >= 11 is 0. The van der Waals surface area contributed by atoms with Crippen molar-refractivity contribution in [2.45, 2.75) is 11.3 Å². The highest BCUT2D eigenvalue weighted by Crippen LogP contribution is 2.20. The summed E-state index contributed by atoms with van der Waals surface area (Å²) in [5, 5.41) is 4.81. The zero-order chi connectivity index (χ0) is 12.2. The van der Waals surface area contributed by atoms with Gasteiger partial charge in [-0.05, 0) is 18.2 Å². The number of halogens is 2. The van der Waals surface area contributed by atoms with E-state index in [1.165, 1.54) is 0 Å². The highest BCUT2D eigenvalue weighted by atomic mass is 32.2. The van der Waals surface area contributed by atoms with Crippen molar-refractivity contribution in [2.24, 2.45) is 5.14 Å². The van der Waals surface area contributed by atoms with Gasteiger partial charge in [0.05, 0.1) is 18.2 Å². The summed E-state index contributed by atoms with van der Waals surface area (Å²) in [5.74, 6) is -0.966. The van der Waals surface area contributed by atoms with Crippen LogP contribution in [-0.4, -0.2) is 21.7 Å². The van der Waals surface area contributed by atoms with E-state index >= 15 is 0 Å². The zero-order valence-corrected chi connectivity index (χ0v) is 9.14. The van der Waals surface area contributed by atoms with Gasteiger partial charge in [0, 0.05) is 6.42 Å². The van der Waals surface area contributed by atoms with Gasteiger partial charge in [-0.2, -0.15) is 0 Å². The molecule has 0 atom stereocenters. The second-order valence-corrected chi connectivity index (χ2v) is 4.59. The summed E-state index contributed by atoms with van der Waals surface area (Å²) in [4.78, 5) is -0.331. The molecule has 0 spiro atoms. The van der Waals surface area contributed by atoms with E-state index in [0.717, 1.165) is 18.2 Å². The quantitative estimate of drug-likeness (QED) is 0.800. The van der Waals surface area contributed by atoms with Crippen LogP contribution in [0.5, 0.6) is 5.75 Å². The van der Waals surface area contributed by atoms with Crippen molar-refractivity contribution in [2.75, 3.05) is 13.3 Å². The largest absolute Gasteiger partial charge is 0.490 e. The number of primary sulfonamides is 1. The molecule has 0 bridgehead atoms. The van der Waals surface area contributed by atoms with Crippen LogP contribution >= 0.6 is 0 Å². The second kappa shape index (κ2) is 5.22. The van der Waals surface area contributed by atoms with E-state index in [4.69, 9.17) is 9.88 Å². The van der Waals surface area contributed by atoms with Gasteiger partial charge in [0.15, 0.2) is 11.6 Å². The first-order valence-corrected chi connectivity index (χ1v) is 6.01. The highest BCUT2D eigenvalue weighted by Gasteiger charge is 2.11. The monoisotopic (exact) mass is 251 g/mol. The van der Waals surface area contributed by atoms with Gasteiger partial charge < -0.3 is 4.74 Å². The molecule has 90 valence electrons. The van der Waals surface area contributed by atoms with Crippen molar-refractivity contribution >= 4 is 10.0 Å². The van der Waals surface area contributed by atoms with Gasteiger partial charge in [-0.25, -0.2) is 17.9 Å². The molecule has 0 aliphatic heterocycles. The zero-order valence-electron chi connectivity index (χ0n) is 8.32. The van der Waals surface area contributed by atoms with Crippen LogP contribution in [0.3, 0.4) is 0 Å². The van der Waals surface area contributed by atoms with Gasteiger partial charge in [-0.3, -0.25) is 4.39 Å². The maximum absolute atomic E-state index is 13.3. The molecule has 16 heavy (non-hydrogen) atoms. The van der Waals surface area contributed by atoms with Crippen LogP contribution in [-0.2, 0) is 10.0 Å². The third kappa shape index (κ3) is 3.42. The van der Waals surface area contributed by atoms with E-state index in [1.807, 2.05) is 0 Å². The van der Waals surface area contributed by atoms with Crippen LogP contribution in [0.1, 0.15) is 6.42 Å². The maximum Gasteiger partial charge on any atom is 0.238 e. The van der Waals surface area contributed by atoms with Crippen LogP contribution in [0.4, 0.5) is 8.78 Å². The van der Waals surface area contributed by atoms with E-state index in [9.17, 15) is 17.2 Å². The van der Waals surface area contributed by atoms with E-state index in [2.05, 4.69) is 0 Å². The van der Waals surface area contributed by atoms with Gasteiger partial charge in [0.1, 0.15) is 0 Å². The number of alkyl halides is 1. The van der Waals surface area contributed by atoms with Crippen molar-refractivity contribution in [3.63, 3.8) is 0 Å². The Hall–Kier alpha value is -1.21. The lowest BCUT2D eigenvalue weighted by Crippen LogP contribution is -2.12. The first-order chi connectivity index (χ1) is 7.45. The fourth-order valence-corrected chi connectivity index (χ4v) is 1.54. The average molecular weight is 251 g/mol. The fourth-order valence-electron chi connectivity index (χ4n) is 1.01. The van der Waals surface area contributed by atoms with Gasteiger partial charge >= 0.3 is 0 Å². The Bertz CT molecular complexity index is 462. The summed E-state index contributed by atoms with van der Waals surface area (Å²) in [6, 6.07) is 3.04. The Labute approximate surface area is 92.1 Å². The highest BCUT2D eigenvalue weighted by molar-refractivity contribution is 7.89. The van der Waals surface area contributed by atoms with Crippen molar-refractivity contribution in [1.82, 2.24) is 0 Å². The number of nitrogens with two attached hydrogens (primary N) is 1. The number of sulfonamides is 1. The minimum Gasteiger partial charge on any atom is -0.490 e. The normalized spacial score (nSPS) is 11.4. The molecule has 1 rings (SSSR count). The molecule has 0 aliphatic rings. The Kier molecular flexibility index (Phi) is 4.19. The molecule has 0 amide bonds. The van der Waals surface area contributed by atoms with Crippen molar-refractivity contribution in [3.8, 4) is 5.75 Å². The fraction of sp³-hybridized carbons (Fsp3) is 0.333. The predicted molar refractivity (Wildman–Crippen MR) is 53.9 cm³/mol. The van der Waals surface area contributed by atoms with Crippen LogP contribution in [0.15, 0.2) is 23.1 Å². The smallest absolute Gasteiger partial charge is 0.238 e. The molecule has 0 saturated carbocycles.